The number of benzene rings is 1. The molecule has 1 unspecified atom stereocenters. The van der Waals surface area contributed by atoms with Crippen molar-refractivity contribution in [3.05, 3.63) is 42.3 Å². The summed E-state index contributed by atoms with van der Waals surface area (Å²) in [6.07, 6.45) is -3.28. The Balaban J connectivity index is 2.94. The van der Waals surface area contributed by atoms with Crippen LogP contribution in [0.25, 0.3) is 0 Å². The van der Waals surface area contributed by atoms with Crippen molar-refractivity contribution in [1.82, 2.24) is 0 Å². The summed E-state index contributed by atoms with van der Waals surface area (Å²) in [6, 6.07) is 5.45. The summed E-state index contributed by atoms with van der Waals surface area (Å²) >= 11 is 0. The molecular formula is C15H20F3O. The molecule has 0 amide bonds. The first kappa shape index (κ1) is 16.0. The van der Waals surface area contributed by atoms with Gasteiger partial charge in [-0.3, -0.25) is 0 Å². The van der Waals surface area contributed by atoms with Crippen LogP contribution in [0.3, 0.4) is 0 Å². The van der Waals surface area contributed by atoms with Gasteiger partial charge in [0.1, 0.15) is 0 Å². The third kappa shape index (κ3) is 4.23. The molecule has 1 radical (unpaired) electrons. The SMILES string of the molecule is [CH2]CC(OC)C(C)(C)Cc1cccc(C(F)(F)F)c1. The Morgan fingerprint density at radius 1 is 1.26 bits per heavy atom. The van der Waals surface area contributed by atoms with Gasteiger partial charge in [0, 0.05) is 7.11 Å². The second kappa shape index (κ2) is 5.95. The lowest BCUT2D eigenvalue weighted by atomic mass is 9.79. The first-order valence-electron chi connectivity index (χ1n) is 6.19. The molecule has 0 saturated carbocycles. The molecule has 0 saturated heterocycles. The van der Waals surface area contributed by atoms with Crippen molar-refractivity contribution >= 4 is 0 Å². The van der Waals surface area contributed by atoms with Crippen LogP contribution in [0.4, 0.5) is 13.2 Å². The van der Waals surface area contributed by atoms with Crippen LogP contribution in [0.5, 0.6) is 0 Å². The molecule has 1 atom stereocenters. The van der Waals surface area contributed by atoms with Gasteiger partial charge in [0.05, 0.1) is 11.7 Å². The zero-order valence-electron chi connectivity index (χ0n) is 11.6. The third-order valence-corrected chi connectivity index (χ3v) is 3.33. The van der Waals surface area contributed by atoms with Crippen molar-refractivity contribution in [1.29, 1.82) is 0 Å². The Morgan fingerprint density at radius 2 is 1.89 bits per heavy atom. The van der Waals surface area contributed by atoms with Gasteiger partial charge in [-0.25, -0.2) is 0 Å². The molecule has 0 N–H and O–H groups in total. The first-order valence-corrected chi connectivity index (χ1v) is 6.19. The lowest BCUT2D eigenvalue weighted by molar-refractivity contribution is -0.137. The number of halogens is 3. The highest BCUT2D eigenvalue weighted by atomic mass is 19.4. The highest BCUT2D eigenvalue weighted by Gasteiger charge is 2.32. The van der Waals surface area contributed by atoms with Gasteiger partial charge in [-0.15, -0.1) is 0 Å². The van der Waals surface area contributed by atoms with Crippen LogP contribution < -0.4 is 0 Å². The number of hydrogen-bond acceptors (Lipinski definition) is 1. The van der Waals surface area contributed by atoms with Gasteiger partial charge >= 0.3 is 6.18 Å². The van der Waals surface area contributed by atoms with Gasteiger partial charge in [0.15, 0.2) is 0 Å². The van der Waals surface area contributed by atoms with E-state index in [1.807, 2.05) is 13.8 Å². The fourth-order valence-electron chi connectivity index (χ4n) is 2.33. The largest absolute Gasteiger partial charge is 0.416 e. The normalized spacial score (nSPS) is 14.5. The molecule has 0 fully saturated rings. The summed E-state index contributed by atoms with van der Waals surface area (Å²) in [6.45, 7) is 7.77. The summed E-state index contributed by atoms with van der Waals surface area (Å²) < 4.78 is 43.3. The van der Waals surface area contributed by atoms with Crippen molar-refractivity contribution in [2.45, 2.75) is 39.0 Å². The van der Waals surface area contributed by atoms with E-state index in [2.05, 4.69) is 6.92 Å². The van der Waals surface area contributed by atoms with E-state index in [1.165, 1.54) is 12.1 Å². The fraction of sp³-hybridized carbons (Fsp3) is 0.533. The Morgan fingerprint density at radius 3 is 2.37 bits per heavy atom. The predicted molar refractivity (Wildman–Crippen MR) is 69.7 cm³/mol. The quantitative estimate of drug-likeness (QED) is 0.766. The number of methoxy groups -OCH3 is 1. The summed E-state index contributed by atoms with van der Waals surface area (Å²) in [5.74, 6) is 0. The minimum atomic E-state index is -4.30. The molecule has 0 heterocycles. The van der Waals surface area contributed by atoms with Gasteiger partial charge in [-0.05, 0) is 29.9 Å². The molecule has 1 nitrogen and oxygen atoms in total. The minimum Gasteiger partial charge on any atom is -0.381 e. The van der Waals surface area contributed by atoms with Crippen molar-refractivity contribution in [3.8, 4) is 0 Å². The van der Waals surface area contributed by atoms with Gasteiger partial charge in [0.25, 0.3) is 0 Å². The van der Waals surface area contributed by atoms with Crippen LogP contribution >= 0.6 is 0 Å². The zero-order chi connectivity index (χ0) is 14.7. The molecule has 0 aliphatic carbocycles. The van der Waals surface area contributed by atoms with Gasteiger partial charge < -0.3 is 4.74 Å². The molecule has 0 bridgehead atoms. The number of ether oxygens (including phenoxy) is 1. The van der Waals surface area contributed by atoms with E-state index < -0.39 is 11.7 Å². The predicted octanol–water partition coefficient (Wildman–Crippen LogP) is 4.51. The second-order valence-corrected chi connectivity index (χ2v) is 5.38. The molecule has 1 aromatic carbocycles. The zero-order valence-corrected chi connectivity index (χ0v) is 11.6. The Labute approximate surface area is 112 Å². The fourth-order valence-corrected chi connectivity index (χ4v) is 2.33. The highest BCUT2D eigenvalue weighted by molar-refractivity contribution is 5.26. The summed E-state index contributed by atoms with van der Waals surface area (Å²) in [5.41, 5.74) is -0.208. The molecule has 0 aliphatic rings. The molecule has 19 heavy (non-hydrogen) atoms. The maximum Gasteiger partial charge on any atom is 0.416 e. The maximum absolute atomic E-state index is 12.7. The first-order chi connectivity index (χ1) is 8.70. The molecule has 4 heteroatoms. The third-order valence-electron chi connectivity index (χ3n) is 3.33. The standard InChI is InChI=1S/C15H20F3O/c1-5-13(19-4)14(2,3)10-11-7-6-8-12(9-11)15(16,17)18/h6-9,13H,1,5,10H2,2-4H3. The minimum absolute atomic E-state index is 0.0814. The summed E-state index contributed by atoms with van der Waals surface area (Å²) in [7, 11) is 1.60. The van der Waals surface area contributed by atoms with E-state index in [-0.39, 0.29) is 11.5 Å². The number of hydrogen-bond donors (Lipinski definition) is 0. The van der Waals surface area contributed by atoms with Crippen molar-refractivity contribution in [3.63, 3.8) is 0 Å². The Hall–Kier alpha value is -1.03. The van der Waals surface area contributed by atoms with Crippen molar-refractivity contribution in [2.24, 2.45) is 5.41 Å². The topological polar surface area (TPSA) is 9.23 Å². The van der Waals surface area contributed by atoms with Crippen molar-refractivity contribution in [2.75, 3.05) is 7.11 Å². The van der Waals surface area contributed by atoms with E-state index in [1.54, 1.807) is 13.2 Å². The van der Waals surface area contributed by atoms with E-state index in [9.17, 15) is 13.2 Å². The maximum atomic E-state index is 12.7. The van der Waals surface area contributed by atoms with Gasteiger partial charge in [-0.1, -0.05) is 39.0 Å². The Kier molecular flexibility index (Phi) is 5.02. The van der Waals surface area contributed by atoms with E-state index in [0.717, 1.165) is 6.07 Å². The molecule has 107 valence electrons. The smallest absolute Gasteiger partial charge is 0.381 e. The highest BCUT2D eigenvalue weighted by Crippen LogP contribution is 2.33. The Bertz CT molecular complexity index is 406. The number of rotatable bonds is 5. The van der Waals surface area contributed by atoms with Crippen LogP contribution in [0.2, 0.25) is 0 Å². The molecular weight excluding hydrogens is 253 g/mol. The van der Waals surface area contributed by atoms with E-state index in [4.69, 9.17) is 4.74 Å². The number of alkyl halides is 3. The average molecular weight is 273 g/mol. The van der Waals surface area contributed by atoms with Crippen LogP contribution in [0.15, 0.2) is 24.3 Å². The lowest BCUT2D eigenvalue weighted by Gasteiger charge is -2.33. The van der Waals surface area contributed by atoms with Crippen LogP contribution in [-0.4, -0.2) is 13.2 Å². The summed E-state index contributed by atoms with van der Waals surface area (Å²) in [5, 5.41) is 0. The molecule has 0 aromatic heterocycles. The molecule has 1 aromatic rings. The molecule has 0 aliphatic heterocycles. The van der Waals surface area contributed by atoms with Crippen LogP contribution in [-0.2, 0) is 17.3 Å². The van der Waals surface area contributed by atoms with E-state index >= 15 is 0 Å². The van der Waals surface area contributed by atoms with Crippen LogP contribution in [0.1, 0.15) is 31.4 Å². The lowest BCUT2D eigenvalue weighted by Crippen LogP contribution is -2.32. The van der Waals surface area contributed by atoms with Crippen molar-refractivity contribution < 1.29 is 17.9 Å². The average Bonchev–Trinajstić information content (AvgIpc) is 2.28. The molecule has 0 spiro atoms. The second-order valence-electron chi connectivity index (χ2n) is 5.38. The van der Waals surface area contributed by atoms with Crippen LogP contribution in [0, 0.1) is 12.3 Å². The summed E-state index contributed by atoms with van der Waals surface area (Å²) in [4.78, 5) is 0. The van der Waals surface area contributed by atoms with E-state index in [0.29, 0.717) is 18.4 Å². The monoisotopic (exact) mass is 273 g/mol. The van der Waals surface area contributed by atoms with Gasteiger partial charge in [-0.2, -0.15) is 13.2 Å². The van der Waals surface area contributed by atoms with Gasteiger partial charge in [0.2, 0.25) is 0 Å². The molecule has 1 rings (SSSR count).